The van der Waals surface area contributed by atoms with Crippen molar-refractivity contribution in [1.82, 2.24) is 0 Å². The van der Waals surface area contributed by atoms with Crippen LogP contribution < -0.4 is 5.73 Å². The SMILES string of the molecule is CC(CC1OCCC1N)c1ccccc1. The fourth-order valence-corrected chi connectivity index (χ4v) is 2.17. The van der Waals surface area contributed by atoms with Crippen LogP contribution in [-0.2, 0) is 4.74 Å². The van der Waals surface area contributed by atoms with E-state index in [0.717, 1.165) is 19.4 Å². The Balaban J connectivity index is 1.95. The van der Waals surface area contributed by atoms with Crippen LogP contribution in [0.2, 0.25) is 0 Å². The lowest BCUT2D eigenvalue weighted by atomic mass is 9.93. The van der Waals surface area contributed by atoms with Crippen molar-refractivity contribution in [2.45, 2.75) is 37.8 Å². The van der Waals surface area contributed by atoms with Crippen molar-refractivity contribution >= 4 is 0 Å². The van der Waals surface area contributed by atoms with Crippen molar-refractivity contribution in [3.05, 3.63) is 35.9 Å². The maximum Gasteiger partial charge on any atom is 0.0732 e. The topological polar surface area (TPSA) is 35.2 Å². The van der Waals surface area contributed by atoms with E-state index in [1.165, 1.54) is 5.56 Å². The van der Waals surface area contributed by atoms with Gasteiger partial charge in [0, 0.05) is 12.6 Å². The monoisotopic (exact) mass is 205 g/mol. The second-order valence-corrected chi connectivity index (χ2v) is 4.41. The van der Waals surface area contributed by atoms with Crippen LogP contribution in [0.4, 0.5) is 0 Å². The molecule has 3 atom stereocenters. The van der Waals surface area contributed by atoms with E-state index in [1.807, 2.05) is 6.07 Å². The third-order valence-electron chi connectivity index (χ3n) is 3.22. The van der Waals surface area contributed by atoms with E-state index in [4.69, 9.17) is 10.5 Å². The Morgan fingerprint density at radius 3 is 2.73 bits per heavy atom. The molecule has 3 unspecified atom stereocenters. The molecule has 2 nitrogen and oxygen atoms in total. The highest BCUT2D eigenvalue weighted by atomic mass is 16.5. The first kappa shape index (κ1) is 10.7. The first-order chi connectivity index (χ1) is 7.27. The molecule has 1 aromatic carbocycles. The molecule has 0 aromatic heterocycles. The molecule has 15 heavy (non-hydrogen) atoms. The van der Waals surface area contributed by atoms with Gasteiger partial charge in [-0.25, -0.2) is 0 Å². The largest absolute Gasteiger partial charge is 0.377 e. The molecule has 1 saturated heterocycles. The lowest BCUT2D eigenvalue weighted by Crippen LogP contribution is -2.31. The number of hydrogen-bond acceptors (Lipinski definition) is 2. The zero-order chi connectivity index (χ0) is 10.7. The molecule has 82 valence electrons. The third kappa shape index (κ3) is 2.58. The molecule has 1 heterocycles. The zero-order valence-corrected chi connectivity index (χ0v) is 9.23. The van der Waals surface area contributed by atoms with Gasteiger partial charge in [-0.2, -0.15) is 0 Å². The van der Waals surface area contributed by atoms with E-state index >= 15 is 0 Å². The quantitative estimate of drug-likeness (QED) is 0.821. The van der Waals surface area contributed by atoms with E-state index < -0.39 is 0 Å². The van der Waals surface area contributed by atoms with Gasteiger partial charge in [0.15, 0.2) is 0 Å². The molecule has 0 radical (unpaired) electrons. The maximum atomic E-state index is 5.98. The standard InChI is InChI=1S/C13H19NO/c1-10(11-5-3-2-4-6-11)9-13-12(14)7-8-15-13/h2-6,10,12-13H,7-9,14H2,1H3. The van der Waals surface area contributed by atoms with Crippen molar-refractivity contribution < 1.29 is 4.74 Å². The predicted octanol–water partition coefficient (Wildman–Crippen LogP) is 2.30. The zero-order valence-electron chi connectivity index (χ0n) is 9.23. The Bertz CT molecular complexity index is 299. The smallest absolute Gasteiger partial charge is 0.0732 e. The molecule has 2 heteroatoms. The minimum absolute atomic E-state index is 0.233. The van der Waals surface area contributed by atoms with Crippen molar-refractivity contribution in [1.29, 1.82) is 0 Å². The molecule has 0 saturated carbocycles. The van der Waals surface area contributed by atoms with Crippen LogP contribution in [0.25, 0.3) is 0 Å². The van der Waals surface area contributed by atoms with Crippen molar-refractivity contribution in [3.63, 3.8) is 0 Å². The number of hydrogen-bond donors (Lipinski definition) is 1. The molecule has 1 aliphatic heterocycles. The van der Waals surface area contributed by atoms with E-state index in [1.54, 1.807) is 0 Å². The summed E-state index contributed by atoms with van der Waals surface area (Å²) in [5.41, 5.74) is 7.36. The van der Waals surface area contributed by atoms with Crippen LogP contribution in [-0.4, -0.2) is 18.8 Å². The second kappa shape index (κ2) is 4.77. The van der Waals surface area contributed by atoms with Crippen molar-refractivity contribution in [3.8, 4) is 0 Å². The van der Waals surface area contributed by atoms with Gasteiger partial charge in [-0.3, -0.25) is 0 Å². The van der Waals surface area contributed by atoms with Gasteiger partial charge >= 0.3 is 0 Å². The Kier molecular flexibility index (Phi) is 3.39. The summed E-state index contributed by atoms with van der Waals surface area (Å²) in [7, 11) is 0. The summed E-state index contributed by atoms with van der Waals surface area (Å²) in [6.07, 6.45) is 2.29. The summed E-state index contributed by atoms with van der Waals surface area (Å²) < 4.78 is 5.63. The second-order valence-electron chi connectivity index (χ2n) is 4.41. The summed E-state index contributed by atoms with van der Waals surface area (Å²) in [6, 6.07) is 10.8. The normalized spacial score (nSPS) is 27.9. The van der Waals surface area contributed by atoms with Crippen LogP contribution in [0.3, 0.4) is 0 Å². The van der Waals surface area contributed by atoms with Crippen LogP contribution in [0.15, 0.2) is 30.3 Å². The molecule has 0 bridgehead atoms. The highest BCUT2D eigenvalue weighted by Crippen LogP contribution is 2.25. The van der Waals surface area contributed by atoms with E-state index in [-0.39, 0.29) is 12.1 Å². The molecular weight excluding hydrogens is 186 g/mol. The molecule has 1 aromatic rings. The van der Waals surface area contributed by atoms with Crippen LogP contribution in [0.1, 0.15) is 31.2 Å². The fraction of sp³-hybridized carbons (Fsp3) is 0.538. The molecule has 0 spiro atoms. The summed E-state index contributed by atoms with van der Waals surface area (Å²) in [4.78, 5) is 0. The van der Waals surface area contributed by atoms with Gasteiger partial charge < -0.3 is 10.5 Å². The summed E-state index contributed by atoms with van der Waals surface area (Å²) in [6.45, 7) is 3.07. The Morgan fingerprint density at radius 1 is 1.40 bits per heavy atom. The number of rotatable bonds is 3. The molecule has 0 aliphatic carbocycles. The third-order valence-corrected chi connectivity index (χ3v) is 3.22. The number of nitrogens with two attached hydrogens (primary N) is 1. The number of benzene rings is 1. The van der Waals surface area contributed by atoms with Gasteiger partial charge in [0.1, 0.15) is 0 Å². The van der Waals surface area contributed by atoms with E-state index in [9.17, 15) is 0 Å². The molecule has 1 fully saturated rings. The first-order valence-electron chi connectivity index (χ1n) is 5.69. The fourth-order valence-electron chi connectivity index (χ4n) is 2.17. The summed E-state index contributed by atoms with van der Waals surface area (Å²) in [5.74, 6) is 0.528. The minimum atomic E-state index is 0.233. The predicted molar refractivity (Wildman–Crippen MR) is 61.8 cm³/mol. The van der Waals surface area contributed by atoms with Gasteiger partial charge in [-0.1, -0.05) is 37.3 Å². The number of ether oxygens (including phenoxy) is 1. The van der Waals surface area contributed by atoms with Crippen LogP contribution in [0, 0.1) is 0 Å². The molecule has 0 amide bonds. The first-order valence-corrected chi connectivity index (χ1v) is 5.69. The maximum absolute atomic E-state index is 5.98. The van der Waals surface area contributed by atoms with E-state index in [2.05, 4.69) is 31.2 Å². The van der Waals surface area contributed by atoms with Gasteiger partial charge in [-0.15, -0.1) is 0 Å². The highest BCUT2D eigenvalue weighted by Gasteiger charge is 2.26. The average molecular weight is 205 g/mol. The Hall–Kier alpha value is -0.860. The lowest BCUT2D eigenvalue weighted by Gasteiger charge is -2.19. The van der Waals surface area contributed by atoms with Gasteiger partial charge in [0.2, 0.25) is 0 Å². The summed E-state index contributed by atoms with van der Waals surface area (Å²) >= 11 is 0. The Labute approximate surface area is 91.4 Å². The van der Waals surface area contributed by atoms with Crippen LogP contribution >= 0.6 is 0 Å². The van der Waals surface area contributed by atoms with Gasteiger partial charge in [0.25, 0.3) is 0 Å². The molecular formula is C13H19NO. The average Bonchev–Trinajstić information content (AvgIpc) is 2.66. The highest BCUT2D eigenvalue weighted by molar-refractivity contribution is 5.19. The van der Waals surface area contributed by atoms with Crippen LogP contribution in [0.5, 0.6) is 0 Å². The minimum Gasteiger partial charge on any atom is -0.377 e. The van der Waals surface area contributed by atoms with Crippen molar-refractivity contribution in [2.75, 3.05) is 6.61 Å². The van der Waals surface area contributed by atoms with Gasteiger partial charge in [0.05, 0.1) is 6.10 Å². The van der Waals surface area contributed by atoms with E-state index in [0.29, 0.717) is 5.92 Å². The molecule has 2 rings (SSSR count). The molecule has 2 N–H and O–H groups in total. The van der Waals surface area contributed by atoms with Gasteiger partial charge in [-0.05, 0) is 24.3 Å². The Morgan fingerprint density at radius 2 is 2.13 bits per heavy atom. The summed E-state index contributed by atoms with van der Waals surface area (Å²) in [5, 5.41) is 0. The molecule has 1 aliphatic rings. The van der Waals surface area contributed by atoms with Crippen molar-refractivity contribution in [2.24, 2.45) is 5.73 Å². The lowest BCUT2D eigenvalue weighted by molar-refractivity contribution is 0.0925.